The molecule has 2 N–H and O–H groups in total. The number of anilines is 2. The molecule has 1 amide bonds. The van der Waals surface area contributed by atoms with E-state index in [1.165, 1.54) is 0 Å². The number of nitrogens with zero attached hydrogens (tertiary/aromatic N) is 3. The number of allylic oxidation sites excluding steroid dienone is 1. The van der Waals surface area contributed by atoms with E-state index < -0.39 is 6.04 Å². The van der Waals surface area contributed by atoms with Crippen LogP contribution in [-0.2, 0) is 4.79 Å². The van der Waals surface area contributed by atoms with E-state index in [9.17, 15) is 4.79 Å². The first-order valence-electron chi connectivity index (χ1n) is 12.1. The van der Waals surface area contributed by atoms with Crippen LogP contribution in [0.2, 0.25) is 0 Å². The molecule has 4 aromatic rings. The Balaban J connectivity index is 1.68. The summed E-state index contributed by atoms with van der Waals surface area (Å²) in [6.45, 7) is 3.86. The second-order valence-electron chi connectivity index (χ2n) is 8.85. The average molecular weight is 512 g/mol. The van der Waals surface area contributed by atoms with Crippen molar-refractivity contribution in [2.45, 2.75) is 19.9 Å². The second-order valence-corrected chi connectivity index (χ2v) is 8.85. The van der Waals surface area contributed by atoms with Gasteiger partial charge in [0, 0.05) is 16.8 Å². The van der Waals surface area contributed by atoms with E-state index in [0.29, 0.717) is 51.5 Å². The summed E-state index contributed by atoms with van der Waals surface area (Å²) in [5.74, 6) is 2.53. The van der Waals surface area contributed by atoms with Gasteiger partial charge in [0.25, 0.3) is 5.91 Å². The molecule has 2 heterocycles. The van der Waals surface area contributed by atoms with Gasteiger partial charge in [-0.05, 0) is 49.7 Å². The lowest BCUT2D eigenvalue weighted by molar-refractivity contribution is -0.113. The highest BCUT2D eigenvalue weighted by molar-refractivity contribution is 6.06. The molecule has 0 saturated heterocycles. The highest BCUT2D eigenvalue weighted by atomic mass is 16.5. The Morgan fingerprint density at radius 1 is 0.921 bits per heavy atom. The molecule has 1 aliphatic heterocycles. The van der Waals surface area contributed by atoms with Crippen molar-refractivity contribution in [3.63, 3.8) is 0 Å². The van der Waals surface area contributed by atoms with Crippen LogP contribution in [0.5, 0.6) is 17.2 Å². The van der Waals surface area contributed by atoms with E-state index in [2.05, 4.69) is 10.6 Å². The van der Waals surface area contributed by atoms with E-state index in [0.717, 1.165) is 11.1 Å². The summed E-state index contributed by atoms with van der Waals surface area (Å²) in [5, 5.41) is 11.2. The van der Waals surface area contributed by atoms with E-state index in [1.54, 1.807) is 38.1 Å². The van der Waals surface area contributed by atoms with Gasteiger partial charge < -0.3 is 24.8 Å². The van der Waals surface area contributed by atoms with Gasteiger partial charge in [0.1, 0.15) is 23.3 Å². The Kier molecular flexibility index (Phi) is 6.74. The molecule has 9 nitrogen and oxygen atoms in total. The number of carbonyl (C=O) groups excluding carboxylic acids is 1. The topological polar surface area (TPSA) is 99.5 Å². The predicted octanol–water partition coefficient (Wildman–Crippen LogP) is 5.21. The van der Waals surface area contributed by atoms with Crippen LogP contribution >= 0.6 is 0 Å². The quantitative estimate of drug-likeness (QED) is 0.352. The van der Waals surface area contributed by atoms with Gasteiger partial charge in [0.05, 0.1) is 32.6 Å². The van der Waals surface area contributed by atoms with Crippen LogP contribution in [0.25, 0.3) is 11.4 Å². The fourth-order valence-electron chi connectivity index (χ4n) is 4.66. The molecule has 9 heteroatoms. The lowest BCUT2D eigenvalue weighted by Gasteiger charge is -2.29. The number of hydrogen-bond donors (Lipinski definition) is 2. The van der Waals surface area contributed by atoms with Gasteiger partial charge in [-0.25, -0.2) is 4.68 Å². The summed E-state index contributed by atoms with van der Waals surface area (Å²) in [6, 6.07) is 20.0. The lowest BCUT2D eigenvalue weighted by atomic mass is 9.94. The highest BCUT2D eigenvalue weighted by Crippen LogP contribution is 2.42. The molecule has 0 aliphatic carbocycles. The fraction of sp³-hybridized carbons (Fsp3) is 0.207. The van der Waals surface area contributed by atoms with Crippen LogP contribution in [-0.4, -0.2) is 42.0 Å². The number of para-hydroxylation sites is 2. The normalized spacial score (nSPS) is 14.4. The number of ether oxygens (including phenoxy) is 3. The minimum atomic E-state index is -0.656. The first kappa shape index (κ1) is 24.9. The van der Waals surface area contributed by atoms with Crippen molar-refractivity contribution < 1.29 is 19.0 Å². The molecule has 0 saturated carbocycles. The SMILES string of the molecule is COc1ccc(OC)c(C2C(C(=O)Nc3ccccc3OC)=C(C)Nc3nc(-c4ccccc4C)nn32)c1. The molecule has 38 heavy (non-hydrogen) atoms. The Morgan fingerprint density at radius 3 is 2.39 bits per heavy atom. The molecule has 1 atom stereocenters. The van der Waals surface area contributed by atoms with Gasteiger partial charge in [0.2, 0.25) is 5.95 Å². The minimum absolute atomic E-state index is 0.312. The Hall–Kier alpha value is -4.79. The Morgan fingerprint density at radius 2 is 1.66 bits per heavy atom. The molecule has 1 aromatic heterocycles. The third-order valence-corrected chi connectivity index (χ3v) is 6.57. The van der Waals surface area contributed by atoms with Crippen LogP contribution in [0.3, 0.4) is 0 Å². The summed E-state index contributed by atoms with van der Waals surface area (Å²) < 4.78 is 18.4. The predicted molar refractivity (Wildman–Crippen MR) is 146 cm³/mol. The van der Waals surface area contributed by atoms with Crippen molar-refractivity contribution >= 4 is 17.5 Å². The van der Waals surface area contributed by atoms with Gasteiger partial charge >= 0.3 is 0 Å². The number of carbonyl (C=O) groups is 1. The molecule has 0 spiro atoms. The number of aromatic nitrogens is 3. The molecule has 1 aliphatic rings. The Labute approximate surface area is 221 Å². The standard InChI is InChI=1S/C29H29N5O4/c1-17-10-6-7-11-20(17)27-32-29-30-18(2)25(28(35)31-22-12-8-9-13-24(22)38-5)26(34(29)33-27)21-16-19(36-3)14-15-23(21)37-4/h6-16,26H,1-5H3,(H,31,35)(H,30,32,33). The van der Waals surface area contributed by atoms with E-state index >= 15 is 0 Å². The maximum Gasteiger partial charge on any atom is 0.255 e. The maximum atomic E-state index is 13.9. The number of rotatable bonds is 7. The van der Waals surface area contributed by atoms with Gasteiger partial charge in [-0.1, -0.05) is 36.4 Å². The van der Waals surface area contributed by atoms with Gasteiger partial charge in [-0.2, -0.15) is 4.98 Å². The number of amides is 1. The smallest absolute Gasteiger partial charge is 0.255 e. The number of methoxy groups -OCH3 is 3. The first-order valence-corrected chi connectivity index (χ1v) is 12.1. The van der Waals surface area contributed by atoms with Gasteiger partial charge in [-0.15, -0.1) is 5.10 Å². The van der Waals surface area contributed by atoms with E-state index in [-0.39, 0.29) is 5.91 Å². The summed E-state index contributed by atoms with van der Waals surface area (Å²) in [5.41, 5.74) is 4.32. The van der Waals surface area contributed by atoms with Crippen LogP contribution in [0.4, 0.5) is 11.6 Å². The third kappa shape index (κ3) is 4.43. The lowest BCUT2D eigenvalue weighted by Crippen LogP contribution is -2.31. The first-order chi connectivity index (χ1) is 18.4. The molecular formula is C29H29N5O4. The van der Waals surface area contributed by atoms with Crippen molar-refractivity contribution in [1.29, 1.82) is 0 Å². The monoisotopic (exact) mass is 511 g/mol. The molecule has 1 unspecified atom stereocenters. The van der Waals surface area contributed by atoms with Crippen molar-refractivity contribution in [2.75, 3.05) is 32.0 Å². The molecule has 3 aromatic carbocycles. The molecular weight excluding hydrogens is 482 g/mol. The van der Waals surface area contributed by atoms with E-state index in [1.807, 2.05) is 68.4 Å². The number of nitrogens with one attached hydrogen (secondary N) is 2. The van der Waals surface area contributed by atoms with Crippen LogP contribution in [0.15, 0.2) is 78.0 Å². The van der Waals surface area contributed by atoms with Crippen LogP contribution in [0.1, 0.15) is 24.1 Å². The van der Waals surface area contributed by atoms with Crippen molar-refractivity contribution in [1.82, 2.24) is 14.8 Å². The fourth-order valence-corrected chi connectivity index (χ4v) is 4.66. The second kappa shape index (κ2) is 10.3. The number of aryl methyl sites for hydroxylation is 1. The third-order valence-electron chi connectivity index (χ3n) is 6.57. The average Bonchev–Trinajstić information content (AvgIpc) is 3.35. The zero-order chi connectivity index (χ0) is 26.8. The molecule has 0 radical (unpaired) electrons. The number of fused-ring (bicyclic) bond motifs is 1. The number of hydrogen-bond acceptors (Lipinski definition) is 7. The van der Waals surface area contributed by atoms with Crippen molar-refractivity contribution in [3.8, 4) is 28.6 Å². The van der Waals surface area contributed by atoms with Gasteiger partial charge in [-0.3, -0.25) is 4.79 Å². The van der Waals surface area contributed by atoms with Crippen LogP contribution < -0.4 is 24.8 Å². The van der Waals surface area contributed by atoms with Gasteiger partial charge in [0.15, 0.2) is 5.82 Å². The largest absolute Gasteiger partial charge is 0.497 e. The molecule has 5 rings (SSSR count). The summed E-state index contributed by atoms with van der Waals surface area (Å²) in [7, 11) is 4.76. The van der Waals surface area contributed by atoms with E-state index in [4.69, 9.17) is 24.3 Å². The zero-order valence-corrected chi connectivity index (χ0v) is 21.9. The van der Waals surface area contributed by atoms with Crippen molar-refractivity contribution in [3.05, 3.63) is 89.1 Å². The molecule has 194 valence electrons. The zero-order valence-electron chi connectivity index (χ0n) is 21.9. The summed E-state index contributed by atoms with van der Waals surface area (Å²) >= 11 is 0. The maximum absolute atomic E-state index is 13.9. The minimum Gasteiger partial charge on any atom is -0.497 e. The summed E-state index contributed by atoms with van der Waals surface area (Å²) in [6.07, 6.45) is 0. The molecule has 0 bridgehead atoms. The number of benzene rings is 3. The Bertz CT molecular complexity index is 1540. The summed E-state index contributed by atoms with van der Waals surface area (Å²) in [4.78, 5) is 18.7. The highest BCUT2D eigenvalue weighted by Gasteiger charge is 2.36. The molecule has 0 fully saturated rings. The van der Waals surface area contributed by atoms with Crippen LogP contribution in [0, 0.1) is 6.92 Å². The van der Waals surface area contributed by atoms with Crippen molar-refractivity contribution in [2.24, 2.45) is 0 Å².